The number of ether oxygens (including phenoxy) is 1. The SMILES string of the molecule is C[C@H]1CNC[C@@H](C(=O)OC(C)(C)C)C1. The first kappa shape index (κ1) is 11.5. The number of nitrogens with one attached hydrogen (secondary N) is 1. The van der Waals surface area contributed by atoms with Gasteiger partial charge in [-0.25, -0.2) is 0 Å². The molecule has 1 aliphatic rings. The van der Waals surface area contributed by atoms with Gasteiger partial charge in [-0.2, -0.15) is 0 Å². The van der Waals surface area contributed by atoms with Gasteiger partial charge < -0.3 is 10.1 Å². The summed E-state index contributed by atoms with van der Waals surface area (Å²) in [6, 6.07) is 0. The van der Waals surface area contributed by atoms with Crippen molar-refractivity contribution in [3.05, 3.63) is 0 Å². The molecule has 3 nitrogen and oxygen atoms in total. The highest BCUT2D eigenvalue weighted by molar-refractivity contribution is 5.73. The first-order valence-corrected chi connectivity index (χ1v) is 5.32. The number of piperidine rings is 1. The van der Waals surface area contributed by atoms with Crippen LogP contribution in [-0.2, 0) is 9.53 Å². The number of hydrogen-bond acceptors (Lipinski definition) is 3. The second-order valence-corrected chi connectivity index (χ2v) is 5.23. The minimum atomic E-state index is -0.363. The molecule has 0 radical (unpaired) electrons. The Morgan fingerprint density at radius 1 is 1.36 bits per heavy atom. The van der Waals surface area contributed by atoms with Crippen LogP contribution in [0.5, 0.6) is 0 Å². The average Bonchev–Trinajstić information content (AvgIpc) is 2.01. The van der Waals surface area contributed by atoms with E-state index in [2.05, 4.69) is 12.2 Å². The fourth-order valence-corrected chi connectivity index (χ4v) is 1.72. The van der Waals surface area contributed by atoms with Crippen LogP contribution in [0.4, 0.5) is 0 Å². The quantitative estimate of drug-likeness (QED) is 0.651. The van der Waals surface area contributed by atoms with Crippen LogP contribution in [0, 0.1) is 11.8 Å². The van der Waals surface area contributed by atoms with E-state index in [4.69, 9.17) is 4.74 Å². The van der Waals surface area contributed by atoms with Crippen molar-refractivity contribution in [2.75, 3.05) is 13.1 Å². The van der Waals surface area contributed by atoms with Crippen LogP contribution in [0.15, 0.2) is 0 Å². The van der Waals surface area contributed by atoms with Gasteiger partial charge in [0.05, 0.1) is 5.92 Å². The molecule has 0 bridgehead atoms. The maximum Gasteiger partial charge on any atom is 0.310 e. The summed E-state index contributed by atoms with van der Waals surface area (Å²) in [5.41, 5.74) is -0.363. The molecule has 3 heteroatoms. The first-order chi connectivity index (χ1) is 6.38. The van der Waals surface area contributed by atoms with Gasteiger partial charge in [0.15, 0.2) is 0 Å². The molecule has 0 aliphatic carbocycles. The molecule has 0 unspecified atom stereocenters. The van der Waals surface area contributed by atoms with Gasteiger partial charge in [-0.15, -0.1) is 0 Å². The summed E-state index contributed by atoms with van der Waals surface area (Å²) in [5.74, 6) is 0.552. The molecular formula is C11H21NO2. The van der Waals surface area contributed by atoms with E-state index in [0.717, 1.165) is 19.5 Å². The lowest BCUT2D eigenvalue weighted by molar-refractivity contribution is -0.161. The Labute approximate surface area is 86.2 Å². The highest BCUT2D eigenvalue weighted by atomic mass is 16.6. The molecule has 0 spiro atoms. The Morgan fingerprint density at radius 2 is 2.00 bits per heavy atom. The third-order valence-electron chi connectivity index (χ3n) is 2.31. The third kappa shape index (κ3) is 3.66. The second-order valence-electron chi connectivity index (χ2n) is 5.23. The molecule has 0 aromatic heterocycles. The van der Waals surface area contributed by atoms with Crippen molar-refractivity contribution in [3.63, 3.8) is 0 Å². The summed E-state index contributed by atoms with van der Waals surface area (Å²) in [6.07, 6.45) is 0.946. The summed E-state index contributed by atoms with van der Waals surface area (Å²) in [6.45, 7) is 9.65. The van der Waals surface area contributed by atoms with Crippen LogP contribution < -0.4 is 5.32 Å². The molecule has 1 fully saturated rings. The minimum absolute atomic E-state index is 0.0398. The zero-order valence-corrected chi connectivity index (χ0v) is 9.59. The topological polar surface area (TPSA) is 38.3 Å². The van der Waals surface area contributed by atoms with E-state index in [9.17, 15) is 4.79 Å². The summed E-state index contributed by atoms with van der Waals surface area (Å²) in [4.78, 5) is 11.7. The van der Waals surface area contributed by atoms with E-state index < -0.39 is 0 Å². The van der Waals surface area contributed by atoms with Gasteiger partial charge in [0, 0.05) is 6.54 Å². The first-order valence-electron chi connectivity index (χ1n) is 5.32. The van der Waals surface area contributed by atoms with Crippen molar-refractivity contribution in [1.29, 1.82) is 0 Å². The zero-order chi connectivity index (χ0) is 10.8. The highest BCUT2D eigenvalue weighted by Gasteiger charge is 2.28. The normalized spacial score (nSPS) is 28.6. The smallest absolute Gasteiger partial charge is 0.310 e. The van der Waals surface area contributed by atoms with E-state index >= 15 is 0 Å². The van der Waals surface area contributed by atoms with E-state index in [0.29, 0.717) is 5.92 Å². The summed E-state index contributed by atoms with van der Waals surface area (Å²) in [5, 5.41) is 3.25. The molecule has 0 aromatic rings. The van der Waals surface area contributed by atoms with Crippen molar-refractivity contribution in [2.24, 2.45) is 11.8 Å². The van der Waals surface area contributed by atoms with Crippen molar-refractivity contribution in [1.82, 2.24) is 5.32 Å². The van der Waals surface area contributed by atoms with Gasteiger partial charge in [0.25, 0.3) is 0 Å². The van der Waals surface area contributed by atoms with Crippen molar-refractivity contribution in [3.8, 4) is 0 Å². The Hall–Kier alpha value is -0.570. The average molecular weight is 199 g/mol. The lowest BCUT2D eigenvalue weighted by Crippen LogP contribution is -2.41. The molecule has 0 saturated carbocycles. The van der Waals surface area contributed by atoms with Crippen LogP contribution in [-0.4, -0.2) is 24.7 Å². The van der Waals surface area contributed by atoms with Crippen LogP contribution in [0.3, 0.4) is 0 Å². The van der Waals surface area contributed by atoms with Gasteiger partial charge >= 0.3 is 5.97 Å². The molecule has 1 heterocycles. The number of carbonyl (C=O) groups is 1. The fourth-order valence-electron chi connectivity index (χ4n) is 1.72. The predicted octanol–water partition coefficient (Wildman–Crippen LogP) is 1.57. The van der Waals surface area contributed by atoms with Crippen LogP contribution in [0.2, 0.25) is 0 Å². The van der Waals surface area contributed by atoms with Crippen LogP contribution in [0.25, 0.3) is 0 Å². The van der Waals surface area contributed by atoms with Gasteiger partial charge in [0.1, 0.15) is 5.60 Å². The Kier molecular flexibility index (Phi) is 3.53. The predicted molar refractivity (Wildman–Crippen MR) is 56.0 cm³/mol. The molecule has 0 aromatic carbocycles. The maximum absolute atomic E-state index is 11.7. The van der Waals surface area contributed by atoms with Crippen LogP contribution >= 0.6 is 0 Å². The lowest BCUT2D eigenvalue weighted by Gasteiger charge is -2.29. The number of esters is 1. The molecule has 0 amide bonds. The molecular weight excluding hydrogens is 178 g/mol. The molecule has 82 valence electrons. The fraction of sp³-hybridized carbons (Fsp3) is 0.909. The molecule has 2 atom stereocenters. The maximum atomic E-state index is 11.7. The Balaban J connectivity index is 2.44. The van der Waals surface area contributed by atoms with E-state index in [1.807, 2.05) is 20.8 Å². The van der Waals surface area contributed by atoms with Gasteiger partial charge in [-0.05, 0) is 39.7 Å². The summed E-state index contributed by atoms with van der Waals surface area (Å²) >= 11 is 0. The van der Waals surface area contributed by atoms with Crippen molar-refractivity contribution >= 4 is 5.97 Å². The second kappa shape index (κ2) is 4.30. The lowest BCUT2D eigenvalue weighted by atomic mass is 9.92. The number of rotatable bonds is 1. The highest BCUT2D eigenvalue weighted by Crippen LogP contribution is 2.19. The minimum Gasteiger partial charge on any atom is -0.460 e. The molecule has 1 N–H and O–H groups in total. The number of carbonyl (C=O) groups excluding carboxylic acids is 1. The van der Waals surface area contributed by atoms with Crippen molar-refractivity contribution in [2.45, 2.75) is 39.7 Å². The molecule has 1 aliphatic heterocycles. The molecule has 14 heavy (non-hydrogen) atoms. The Bertz CT molecular complexity index is 208. The van der Waals surface area contributed by atoms with Gasteiger partial charge in [0.2, 0.25) is 0 Å². The number of hydrogen-bond donors (Lipinski definition) is 1. The zero-order valence-electron chi connectivity index (χ0n) is 9.59. The van der Waals surface area contributed by atoms with Crippen LogP contribution in [0.1, 0.15) is 34.1 Å². The molecule has 1 rings (SSSR count). The summed E-state index contributed by atoms with van der Waals surface area (Å²) < 4.78 is 5.35. The van der Waals surface area contributed by atoms with E-state index in [1.165, 1.54) is 0 Å². The third-order valence-corrected chi connectivity index (χ3v) is 2.31. The van der Waals surface area contributed by atoms with Crippen molar-refractivity contribution < 1.29 is 9.53 Å². The monoisotopic (exact) mass is 199 g/mol. The Morgan fingerprint density at radius 3 is 2.50 bits per heavy atom. The largest absolute Gasteiger partial charge is 0.460 e. The van der Waals surface area contributed by atoms with Gasteiger partial charge in [-0.3, -0.25) is 4.79 Å². The molecule has 1 saturated heterocycles. The summed E-state index contributed by atoms with van der Waals surface area (Å²) in [7, 11) is 0. The van der Waals surface area contributed by atoms with E-state index in [1.54, 1.807) is 0 Å². The standard InChI is InChI=1S/C11H21NO2/c1-8-5-9(7-12-6-8)10(13)14-11(2,3)4/h8-9,12H,5-7H2,1-4H3/t8-,9+/m1/s1. The van der Waals surface area contributed by atoms with Gasteiger partial charge in [-0.1, -0.05) is 6.92 Å². The van der Waals surface area contributed by atoms with E-state index in [-0.39, 0.29) is 17.5 Å².